The fraction of sp³-hybridized carbons (Fsp3) is 0.316. The average molecular weight is 388 g/mol. The normalized spacial score (nSPS) is 18.4. The molecule has 144 valence electrons. The molecule has 1 atom stereocenters. The van der Waals surface area contributed by atoms with Crippen LogP contribution in [0.5, 0.6) is 11.5 Å². The number of ether oxygens (including phenoxy) is 1. The molecule has 27 heavy (non-hydrogen) atoms. The zero-order valence-electron chi connectivity index (χ0n) is 15.2. The van der Waals surface area contributed by atoms with Crippen molar-refractivity contribution in [3.8, 4) is 11.5 Å². The first kappa shape index (κ1) is 19.2. The zero-order chi connectivity index (χ0) is 19.3. The maximum Gasteiger partial charge on any atom is 0.211 e. The molecule has 2 aromatic carbocycles. The van der Waals surface area contributed by atoms with Gasteiger partial charge in [0.2, 0.25) is 10.0 Å². The van der Waals surface area contributed by atoms with Crippen LogP contribution in [0.15, 0.2) is 59.6 Å². The lowest BCUT2D eigenvalue weighted by Crippen LogP contribution is -2.37. The smallest absolute Gasteiger partial charge is 0.211 e. The summed E-state index contributed by atoms with van der Waals surface area (Å²) in [7, 11) is -3.21. The van der Waals surface area contributed by atoms with Crippen molar-refractivity contribution < 1.29 is 13.2 Å². The number of aliphatic imine (C=N–C) groups is 1. The number of nitrogens with one attached hydrogen (secondary N) is 1. The van der Waals surface area contributed by atoms with Crippen molar-refractivity contribution in [1.82, 2.24) is 4.31 Å². The molecule has 0 amide bonds. The number of nitrogens with zero attached hydrogens (tertiary/aromatic N) is 2. The van der Waals surface area contributed by atoms with Gasteiger partial charge in [-0.05, 0) is 37.1 Å². The van der Waals surface area contributed by atoms with Crippen LogP contribution in [0.2, 0.25) is 0 Å². The molecule has 0 spiro atoms. The van der Waals surface area contributed by atoms with Gasteiger partial charge in [0.05, 0.1) is 12.8 Å². The SMILES string of the molecule is CS(=O)(=O)N1CCC[C@@H]1CN=C(N)Nc1cccc(Oc2ccccc2)c1. The Labute approximate surface area is 159 Å². The van der Waals surface area contributed by atoms with Crippen LogP contribution in [0.3, 0.4) is 0 Å². The van der Waals surface area contributed by atoms with Crippen LogP contribution in [-0.2, 0) is 10.0 Å². The number of rotatable bonds is 6. The van der Waals surface area contributed by atoms with E-state index in [1.165, 1.54) is 10.6 Å². The summed E-state index contributed by atoms with van der Waals surface area (Å²) in [5.41, 5.74) is 6.72. The number of benzene rings is 2. The third-order valence-electron chi connectivity index (χ3n) is 4.31. The van der Waals surface area contributed by atoms with Gasteiger partial charge in [-0.3, -0.25) is 4.99 Å². The quantitative estimate of drug-likeness (QED) is 0.586. The minimum atomic E-state index is -3.21. The number of nitrogens with two attached hydrogens (primary N) is 1. The van der Waals surface area contributed by atoms with Gasteiger partial charge in [0.15, 0.2) is 5.96 Å². The highest BCUT2D eigenvalue weighted by atomic mass is 32.2. The third-order valence-corrected chi connectivity index (χ3v) is 5.64. The number of sulfonamides is 1. The first-order valence-electron chi connectivity index (χ1n) is 8.78. The van der Waals surface area contributed by atoms with Gasteiger partial charge in [-0.1, -0.05) is 24.3 Å². The molecule has 1 aliphatic rings. The van der Waals surface area contributed by atoms with Crippen LogP contribution in [-0.4, -0.2) is 44.1 Å². The van der Waals surface area contributed by atoms with E-state index in [4.69, 9.17) is 10.5 Å². The van der Waals surface area contributed by atoms with Crippen LogP contribution in [0.4, 0.5) is 5.69 Å². The average Bonchev–Trinajstić information content (AvgIpc) is 3.10. The Morgan fingerprint density at radius 1 is 1.22 bits per heavy atom. The van der Waals surface area contributed by atoms with Gasteiger partial charge in [0.1, 0.15) is 11.5 Å². The van der Waals surface area contributed by atoms with Gasteiger partial charge in [0.25, 0.3) is 0 Å². The van der Waals surface area contributed by atoms with E-state index in [1.807, 2.05) is 54.6 Å². The highest BCUT2D eigenvalue weighted by Gasteiger charge is 2.30. The van der Waals surface area contributed by atoms with Crippen LogP contribution in [0, 0.1) is 0 Å². The summed E-state index contributed by atoms with van der Waals surface area (Å²) in [5, 5.41) is 3.03. The lowest BCUT2D eigenvalue weighted by atomic mass is 10.2. The van der Waals surface area contributed by atoms with E-state index in [0.29, 0.717) is 18.8 Å². The zero-order valence-corrected chi connectivity index (χ0v) is 16.0. The lowest BCUT2D eigenvalue weighted by molar-refractivity contribution is 0.397. The van der Waals surface area contributed by atoms with Gasteiger partial charge in [-0.15, -0.1) is 0 Å². The molecular formula is C19H24N4O3S. The van der Waals surface area contributed by atoms with E-state index < -0.39 is 10.0 Å². The lowest BCUT2D eigenvalue weighted by Gasteiger charge is -2.20. The van der Waals surface area contributed by atoms with Crippen molar-refractivity contribution in [1.29, 1.82) is 0 Å². The number of hydrogen-bond donors (Lipinski definition) is 2. The molecular weight excluding hydrogens is 364 g/mol. The molecule has 1 fully saturated rings. The first-order chi connectivity index (χ1) is 12.9. The molecule has 3 rings (SSSR count). The minimum Gasteiger partial charge on any atom is -0.457 e. The molecule has 0 saturated carbocycles. The maximum atomic E-state index is 11.8. The molecule has 0 aromatic heterocycles. The van der Waals surface area contributed by atoms with Crippen LogP contribution in [0.1, 0.15) is 12.8 Å². The fourth-order valence-corrected chi connectivity index (χ4v) is 4.26. The second-order valence-corrected chi connectivity index (χ2v) is 8.40. The maximum absolute atomic E-state index is 11.8. The van der Waals surface area contributed by atoms with Gasteiger partial charge in [-0.25, -0.2) is 8.42 Å². The Balaban J connectivity index is 1.61. The summed E-state index contributed by atoms with van der Waals surface area (Å²) < 4.78 is 30.9. The van der Waals surface area contributed by atoms with E-state index >= 15 is 0 Å². The Bertz CT molecular complexity index is 900. The molecule has 0 unspecified atom stereocenters. The Kier molecular flexibility index (Phi) is 5.98. The van der Waals surface area contributed by atoms with Crippen molar-refractivity contribution in [2.75, 3.05) is 24.7 Å². The van der Waals surface area contributed by atoms with Crippen molar-refractivity contribution in [2.45, 2.75) is 18.9 Å². The summed E-state index contributed by atoms with van der Waals surface area (Å²) in [6.45, 7) is 0.886. The summed E-state index contributed by atoms with van der Waals surface area (Å²) in [6, 6.07) is 16.8. The second kappa shape index (κ2) is 8.41. The van der Waals surface area contributed by atoms with Gasteiger partial charge < -0.3 is 15.8 Å². The molecule has 2 aromatic rings. The largest absolute Gasteiger partial charge is 0.457 e. The summed E-state index contributed by atoms with van der Waals surface area (Å²) in [4.78, 5) is 4.32. The second-order valence-electron chi connectivity index (χ2n) is 6.46. The minimum absolute atomic E-state index is 0.131. The van der Waals surface area contributed by atoms with E-state index in [1.54, 1.807) is 0 Å². The molecule has 0 radical (unpaired) electrons. The third kappa shape index (κ3) is 5.45. The first-order valence-corrected chi connectivity index (χ1v) is 10.6. The Morgan fingerprint density at radius 3 is 2.70 bits per heavy atom. The number of hydrogen-bond acceptors (Lipinski definition) is 4. The van der Waals surface area contributed by atoms with E-state index in [2.05, 4.69) is 10.3 Å². The predicted octanol–water partition coefficient (Wildman–Crippen LogP) is 2.63. The van der Waals surface area contributed by atoms with Crippen LogP contribution < -0.4 is 15.8 Å². The number of para-hydroxylation sites is 1. The monoisotopic (exact) mass is 388 g/mol. The highest BCUT2D eigenvalue weighted by Crippen LogP contribution is 2.24. The molecule has 1 aliphatic heterocycles. The fourth-order valence-electron chi connectivity index (χ4n) is 3.08. The van der Waals surface area contributed by atoms with Gasteiger partial charge in [-0.2, -0.15) is 4.31 Å². The van der Waals surface area contributed by atoms with E-state index in [0.717, 1.165) is 24.3 Å². The van der Waals surface area contributed by atoms with Gasteiger partial charge >= 0.3 is 0 Å². The molecule has 1 heterocycles. The molecule has 8 heteroatoms. The van der Waals surface area contributed by atoms with E-state index in [-0.39, 0.29) is 12.0 Å². The molecule has 1 saturated heterocycles. The highest BCUT2D eigenvalue weighted by molar-refractivity contribution is 7.88. The van der Waals surface area contributed by atoms with Crippen LogP contribution in [0.25, 0.3) is 0 Å². The molecule has 0 bridgehead atoms. The standard InChI is InChI=1S/C19H24N4O3S/c1-27(24,25)23-12-6-8-16(23)14-21-19(20)22-15-7-5-11-18(13-15)26-17-9-3-2-4-10-17/h2-5,7,9-11,13,16H,6,8,12,14H2,1H3,(H3,20,21,22)/t16-/m1/s1. The molecule has 3 N–H and O–H groups in total. The van der Waals surface area contributed by atoms with E-state index in [9.17, 15) is 8.42 Å². The van der Waals surface area contributed by atoms with Crippen molar-refractivity contribution in [2.24, 2.45) is 10.7 Å². The van der Waals surface area contributed by atoms with Crippen molar-refractivity contribution >= 4 is 21.7 Å². The summed E-state index contributed by atoms with van der Waals surface area (Å²) in [5.74, 6) is 1.67. The van der Waals surface area contributed by atoms with Crippen LogP contribution >= 0.6 is 0 Å². The molecule has 7 nitrogen and oxygen atoms in total. The number of guanidine groups is 1. The topological polar surface area (TPSA) is 97.0 Å². The van der Waals surface area contributed by atoms with Crippen molar-refractivity contribution in [3.63, 3.8) is 0 Å². The number of anilines is 1. The molecule has 0 aliphatic carbocycles. The summed E-state index contributed by atoms with van der Waals surface area (Å²) in [6.07, 6.45) is 2.87. The van der Waals surface area contributed by atoms with Gasteiger partial charge in [0, 0.05) is 24.3 Å². The predicted molar refractivity (Wildman–Crippen MR) is 108 cm³/mol. The Morgan fingerprint density at radius 2 is 1.96 bits per heavy atom. The summed E-state index contributed by atoms with van der Waals surface area (Å²) >= 11 is 0. The van der Waals surface area contributed by atoms with Crippen molar-refractivity contribution in [3.05, 3.63) is 54.6 Å². The Hall–Kier alpha value is -2.58.